The first-order valence-electron chi connectivity index (χ1n) is 11.2. The number of nitrogens with one attached hydrogen (secondary N) is 2. The van der Waals surface area contributed by atoms with Crippen molar-refractivity contribution in [3.05, 3.63) is 66.4 Å². The molecule has 3 rings (SSSR count). The van der Waals surface area contributed by atoms with Gasteiger partial charge < -0.3 is 24.7 Å². The number of fused-ring (bicyclic) bond motifs is 1. The van der Waals surface area contributed by atoms with Gasteiger partial charge in [-0.15, -0.1) is 0 Å². The molecule has 0 aliphatic rings. The zero-order valence-electron chi connectivity index (χ0n) is 20.4. The van der Waals surface area contributed by atoms with Crippen LogP contribution in [-0.2, 0) is 31.4 Å². The van der Waals surface area contributed by atoms with Crippen LogP contribution in [0.25, 0.3) is 10.9 Å². The maximum atomic E-state index is 12.5. The summed E-state index contributed by atoms with van der Waals surface area (Å²) in [7, 11) is 1.28. The van der Waals surface area contributed by atoms with Crippen LogP contribution in [0.3, 0.4) is 0 Å². The molecule has 35 heavy (non-hydrogen) atoms. The number of alkyl carbamates (subject to hydrolysis) is 1. The third kappa shape index (κ3) is 8.06. The van der Waals surface area contributed by atoms with Gasteiger partial charge in [-0.1, -0.05) is 30.3 Å². The average molecular weight is 498 g/mol. The molecule has 0 spiro atoms. The van der Waals surface area contributed by atoms with Gasteiger partial charge in [-0.25, -0.2) is 9.59 Å². The normalized spacial score (nSPS) is 12.1. The van der Waals surface area contributed by atoms with Crippen LogP contribution in [0.1, 0.15) is 26.3 Å². The Morgan fingerprint density at radius 1 is 1.03 bits per heavy atom. The summed E-state index contributed by atoms with van der Waals surface area (Å²) in [5, 5.41) is 6.58. The number of carbonyl (C=O) groups excluding carboxylic acids is 3. The van der Waals surface area contributed by atoms with Gasteiger partial charge in [0.2, 0.25) is 5.91 Å². The van der Waals surface area contributed by atoms with Gasteiger partial charge in [0.05, 0.1) is 7.11 Å². The topological polar surface area (TPSA) is 98.7 Å². The second-order valence-electron chi connectivity index (χ2n) is 8.98. The Bertz CT molecular complexity index is 1170. The lowest BCUT2D eigenvalue weighted by Crippen LogP contribution is -2.45. The predicted molar refractivity (Wildman–Crippen MR) is 138 cm³/mol. The first-order valence-corrected chi connectivity index (χ1v) is 12.4. The number of anilines is 1. The van der Waals surface area contributed by atoms with Gasteiger partial charge >= 0.3 is 12.1 Å². The fourth-order valence-electron chi connectivity index (χ4n) is 3.37. The molecule has 0 fully saturated rings. The van der Waals surface area contributed by atoms with E-state index in [4.69, 9.17) is 9.47 Å². The number of para-hydroxylation sites is 1. The molecule has 1 aromatic heterocycles. The minimum Gasteiger partial charge on any atom is -0.467 e. The monoisotopic (exact) mass is 497 g/mol. The van der Waals surface area contributed by atoms with Crippen molar-refractivity contribution in [2.45, 2.75) is 44.7 Å². The van der Waals surface area contributed by atoms with Gasteiger partial charge in [-0.05, 0) is 56.0 Å². The first-order chi connectivity index (χ1) is 16.6. The maximum absolute atomic E-state index is 12.5. The lowest BCUT2D eigenvalue weighted by atomic mass is 10.2. The van der Waals surface area contributed by atoms with Gasteiger partial charge in [0.15, 0.2) is 0 Å². The molecule has 2 N–H and O–H groups in total. The SMILES string of the molecule is COC(=O)C(CSCc1ccc(NC(=O)Cn2ccc3ccccc32)cc1)NC(=O)OC(C)(C)C. The molecule has 1 unspecified atom stereocenters. The van der Waals surface area contributed by atoms with Crippen LogP contribution in [0, 0.1) is 0 Å². The average Bonchev–Trinajstić information content (AvgIpc) is 3.20. The number of hydrogen-bond acceptors (Lipinski definition) is 6. The van der Waals surface area contributed by atoms with Crippen molar-refractivity contribution >= 4 is 46.3 Å². The smallest absolute Gasteiger partial charge is 0.408 e. The number of methoxy groups -OCH3 is 1. The second-order valence-corrected chi connectivity index (χ2v) is 10.0. The zero-order valence-corrected chi connectivity index (χ0v) is 21.2. The highest BCUT2D eigenvalue weighted by molar-refractivity contribution is 7.98. The molecule has 0 saturated carbocycles. The van der Waals surface area contributed by atoms with Crippen molar-refractivity contribution in [3.8, 4) is 0 Å². The lowest BCUT2D eigenvalue weighted by Gasteiger charge is -2.22. The molecule has 1 atom stereocenters. The number of ether oxygens (including phenoxy) is 2. The summed E-state index contributed by atoms with van der Waals surface area (Å²) in [4.78, 5) is 36.6. The van der Waals surface area contributed by atoms with Crippen LogP contribution in [-0.4, -0.2) is 47.0 Å². The number of thioether (sulfide) groups is 1. The van der Waals surface area contributed by atoms with Crippen LogP contribution >= 0.6 is 11.8 Å². The van der Waals surface area contributed by atoms with Crippen molar-refractivity contribution in [1.82, 2.24) is 9.88 Å². The molecule has 9 heteroatoms. The highest BCUT2D eigenvalue weighted by Crippen LogP contribution is 2.18. The van der Waals surface area contributed by atoms with Crippen molar-refractivity contribution in [2.75, 3.05) is 18.2 Å². The van der Waals surface area contributed by atoms with Crippen LogP contribution in [0.4, 0.5) is 10.5 Å². The summed E-state index contributed by atoms with van der Waals surface area (Å²) < 4.78 is 11.9. The van der Waals surface area contributed by atoms with Crippen molar-refractivity contribution < 1.29 is 23.9 Å². The van der Waals surface area contributed by atoms with Crippen LogP contribution in [0.15, 0.2) is 60.8 Å². The van der Waals surface area contributed by atoms with Crippen molar-refractivity contribution in [1.29, 1.82) is 0 Å². The predicted octanol–water partition coefficient (Wildman–Crippen LogP) is 4.58. The zero-order chi connectivity index (χ0) is 25.4. The summed E-state index contributed by atoms with van der Waals surface area (Å²) in [6.45, 7) is 5.49. The summed E-state index contributed by atoms with van der Waals surface area (Å²) in [5.74, 6) is 0.307. The Balaban J connectivity index is 1.48. The van der Waals surface area contributed by atoms with Gasteiger partial charge in [0.1, 0.15) is 18.2 Å². The quantitative estimate of drug-likeness (QED) is 0.420. The first kappa shape index (κ1) is 26.2. The second kappa shape index (κ2) is 11.8. The Hall–Kier alpha value is -3.46. The fraction of sp³-hybridized carbons (Fsp3) is 0.346. The highest BCUT2D eigenvalue weighted by atomic mass is 32.2. The molecule has 186 valence electrons. The third-order valence-electron chi connectivity index (χ3n) is 4.96. The Morgan fingerprint density at radius 3 is 2.43 bits per heavy atom. The molecule has 2 aromatic carbocycles. The van der Waals surface area contributed by atoms with Gasteiger partial charge in [0, 0.05) is 28.9 Å². The number of esters is 1. The van der Waals surface area contributed by atoms with E-state index in [1.165, 1.54) is 18.9 Å². The van der Waals surface area contributed by atoms with Crippen LogP contribution < -0.4 is 10.6 Å². The summed E-state index contributed by atoms with van der Waals surface area (Å²) >= 11 is 1.48. The number of carbonyl (C=O) groups is 3. The van der Waals surface area contributed by atoms with Gasteiger partial charge in [-0.3, -0.25) is 4.79 Å². The largest absolute Gasteiger partial charge is 0.467 e. The van der Waals surface area contributed by atoms with Crippen molar-refractivity contribution in [2.24, 2.45) is 0 Å². The van der Waals surface area contributed by atoms with Gasteiger partial charge in [0.25, 0.3) is 0 Å². The number of amides is 2. The Morgan fingerprint density at radius 2 is 1.74 bits per heavy atom. The molecule has 1 heterocycles. The molecule has 0 saturated heterocycles. The lowest BCUT2D eigenvalue weighted by molar-refractivity contribution is -0.142. The van der Waals surface area contributed by atoms with Crippen LogP contribution in [0.2, 0.25) is 0 Å². The van der Waals surface area contributed by atoms with E-state index in [2.05, 4.69) is 10.6 Å². The molecular weight excluding hydrogens is 466 g/mol. The number of nitrogens with zero attached hydrogens (tertiary/aromatic N) is 1. The Labute approximate surface area is 209 Å². The number of aromatic nitrogens is 1. The fourth-order valence-corrected chi connectivity index (χ4v) is 4.37. The Kier molecular flexibility index (Phi) is 8.81. The molecule has 3 aromatic rings. The molecule has 8 nitrogen and oxygen atoms in total. The molecule has 0 bridgehead atoms. The maximum Gasteiger partial charge on any atom is 0.408 e. The number of benzene rings is 2. The summed E-state index contributed by atoms with van der Waals surface area (Å²) in [6, 6.07) is 16.6. The molecular formula is C26H31N3O5S. The molecule has 0 aliphatic carbocycles. The van der Waals surface area contributed by atoms with Crippen LogP contribution in [0.5, 0.6) is 0 Å². The van der Waals surface area contributed by atoms with E-state index >= 15 is 0 Å². The van der Waals surface area contributed by atoms with E-state index in [0.29, 0.717) is 17.2 Å². The molecule has 0 aliphatic heterocycles. The van der Waals surface area contributed by atoms with E-state index in [1.807, 2.05) is 65.4 Å². The van der Waals surface area contributed by atoms with E-state index in [1.54, 1.807) is 20.8 Å². The number of rotatable bonds is 9. The van der Waals surface area contributed by atoms with E-state index in [-0.39, 0.29) is 12.5 Å². The summed E-state index contributed by atoms with van der Waals surface area (Å²) in [5.41, 5.74) is 2.08. The third-order valence-corrected chi connectivity index (χ3v) is 6.07. The van der Waals surface area contributed by atoms with Crippen molar-refractivity contribution in [3.63, 3.8) is 0 Å². The molecule has 2 amide bonds. The minimum atomic E-state index is -0.817. The minimum absolute atomic E-state index is 0.109. The highest BCUT2D eigenvalue weighted by Gasteiger charge is 2.25. The standard InChI is InChI=1S/C26H31N3O5S/c1-26(2,3)34-25(32)28-21(24(31)33-4)17-35-16-18-9-11-20(12-10-18)27-23(30)15-29-14-13-19-7-5-6-8-22(19)29/h5-14,21H,15-17H2,1-4H3,(H,27,30)(H,28,32). The van der Waals surface area contributed by atoms with E-state index in [9.17, 15) is 14.4 Å². The van der Waals surface area contributed by atoms with E-state index < -0.39 is 23.7 Å². The summed E-state index contributed by atoms with van der Waals surface area (Å²) in [6.07, 6.45) is 1.24. The number of hydrogen-bond donors (Lipinski definition) is 2. The molecule has 0 radical (unpaired) electrons. The van der Waals surface area contributed by atoms with Gasteiger partial charge in [-0.2, -0.15) is 11.8 Å². The van der Waals surface area contributed by atoms with E-state index in [0.717, 1.165) is 16.5 Å².